The lowest BCUT2D eigenvalue weighted by molar-refractivity contribution is -0.385. The molecule has 2 aromatic heterocycles. The number of fused-ring (bicyclic) bond motifs is 1. The highest BCUT2D eigenvalue weighted by Crippen LogP contribution is 2.31. The molecule has 0 radical (unpaired) electrons. The van der Waals surface area contributed by atoms with Crippen LogP contribution in [0.1, 0.15) is 26.6 Å². The molecule has 1 amide bonds. The molecule has 4 rings (SSSR count). The number of methoxy groups -OCH3 is 1. The molecule has 0 aliphatic heterocycles. The summed E-state index contributed by atoms with van der Waals surface area (Å²) in [4.78, 5) is 34.0. The number of nitrogens with one attached hydrogen (secondary N) is 1. The van der Waals surface area contributed by atoms with E-state index >= 15 is 0 Å². The van der Waals surface area contributed by atoms with Gasteiger partial charge in [-0.3, -0.25) is 25.0 Å². The van der Waals surface area contributed by atoms with Crippen LogP contribution in [0, 0.1) is 34.1 Å². The van der Waals surface area contributed by atoms with Gasteiger partial charge in [-0.1, -0.05) is 0 Å². The van der Waals surface area contributed by atoms with Crippen molar-refractivity contribution in [1.29, 1.82) is 0 Å². The van der Waals surface area contributed by atoms with E-state index in [1.165, 1.54) is 48.9 Å². The Morgan fingerprint density at radius 3 is 2.43 bits per heavy atom. The van der Waals surface area contributed by atoms with Crippen LogP contribution < -0.4 is 10.2 Å². The number of nitro benzene ring substituents is 2. The highest BCUT2D eigenvalue weighted by Gasteiger charge is 2.17. The molecule has 0 atom stereocenters. The largest absolute Gasteiger partial charge is 0.494 e. The predicted molar refractivity (Wildman–Crippen MR) is 132 cm³/mol. The SMILES string of the molecule is COc1cc([N+](=O)[O-])ccc1-n1c(C)cc(C=NNC(=O)c2cc3cc([N+](=O)[O-])ccc3s2)c1C. The van der Waals surface area contributed by atoms with Gasteiger partial charge in [-0.05, 0) is 38.1 Å². The molecule has 0 spiro atoms. The molecule has 0 aliphatic rings. The van der Waals surface area contributed by atoms with Crippen LogP contribution in [0.3, 0.4) is 0 Å². The van der Waals surface area contributed by atoms with E-state index in [1.807, 2.05) is 24.5 Å². The monoisotopic (exact) mass is 493 g/mol. The molecular formula is C23H19N5O6S. The van der Waals surface area contributed by atoms with Gasteiger partial charge < -0.3 is 9.30 Å². The highest BCUT2D eigenvalue weighted by atomic mass is 32.1. The highest BCUT2D eigenvalue weighted by molar-refractivity contribution is 7.20. The maximum Gasteiger partial charge on any atom is 0.281 e. The molecule has 0 fully saturated rings. The predicted octanol–water partition coefficient (Wildman–Crippen LogP) is 4.90. The van der Waals surface area contributed by atoms with Crippen LogP contribution >= 0.6 is 11.3 Å². The van der Waals surface area contributed by atoms with E-state index in [0.29, 0.717) is 21.7 Å². The second-order valence-corrected chi connectivity index (χ2v) is 8.65. The number of non-ortho nitro benzene ring substituents is 2. The number of carbonyl (C=O) groups is 1. The zero-order valence-corrected chi connectivity index (χ0v) is 19.7. The van der Waals surface area contributed by atoms with Crippen molar-refractivity contribution in [1.82, 2.24) is 9.99 Å². The fourth-order valence-electron chi connectivity index (χ4n) is 3.73. The Hall–Kier alpha value is -4.58. The van der Waals surface area contributed by atoms with Crippen LogP contribution in [0.25, 0.3) is 15.8 Å². The lowest BCUT2D eigenvalue weighted by Gasteiger charge is -2.13. The average molecular weight is 494 g/mol. The van der Waals surface area contributed by atoms with Gasteiger partial charge in [0.15, 0.2) is 0 Å². The second kappa shape index (κ2) is 9.35. The minimum absolute atomic E-state index is 0.0414. The fourth-order valence-corrected chi connectivity index (χ4v) is 4.66. The first-order chi connectivity index (χ1) is 16.7. The maximum absolute atomic E-state index is 12.5. The number of amides is 1. The fraction of sp³-hybridized carbons (Fsp3) is 0.130. The third-order valence-electron chi connectivity index (χ3n) is 5.39. The van der Waals surface area contributed by atoms with Crippen LogP contribution in [0.2, 0.25) is 0 Å². The van der Waals surface area contributed by atoms with Crippen LogP contribution in [0.5, 0.6) is 5.75 Å². The lowest BCUT2D eigenvalue weighted by Crippen LogP contribution is -2.16. The van der Waals surface area contributed by atoms with Crippen LogP contribution in [0.15, 0.2) is 53.6 Å². The third-order valence-corrected chi connectivity index (χ3v) is 6.50. The molecule has 0 bridgehead atoms. The Morgan fingerprint density at radius 1 is 1.06 bits per heavy atom. The number of hydrazone groups is 1. The molecule has 2 heterocycles. The summed E-state index contributed by atoms with van der Waals surface area (Å²) in [6, 6.07) is 12.3. The Bertz CT molecular complexity index is 1520. The number of nitro groups is 2. The molecule has 11 nitrogen and oxygen atoms in total. The summed E-state index contributed by atoms with van der Waals surface area (Å²) >= 11 is 1.21. The summed E-state index contributed by atoms with van der Waals surface area (Å²) < 4.78 is 8.00. The number of nitrogens with zero attached hydrogens (tertiary/aromatic N) is 4. The molecule has 1 N–H and O–H groups in total. The van der Waals surface area contributed by atoms with Gasteiger partial charge in [-0.15, -0.1) is 11.3 Å². The standard InChI is InChI=1S/C23H19N5O6S/c1-13-8-16(14(2)26(13)19-6-4-18(28(32)33)11-20(19)34-3)12-24-25-23(29)22-10-15-9-17(27(30)31)5-7-21(15)35-22/h4-12H,1-3H3,(H,25,29). The number of rotatable bonds is 7. The molecule has 0 aliphatic carbocycles. The van der Waals surface area contributed by atoms with Gasteiger partial charge in [0, 0.05) is 45.2 Å². The minimum atomic E-state index is -0.486. The molecule has 4 aromatic rings. The molecule has 0 unspecified atom stereocenters. The van der Waals surface area contributed by atoms with Gasteiger partial charge in [0.1, 0.15) is 5.75 Å². The first-order valence-electron chi connectivity index (χ1n) is 10.2. The molecular weight excluding hydrogens is 474 g/mol. The van der Waals surface area contributed by atoms with E-state index in [-0.39, 0.29) is 11.4 Å². The van der Waals surface area contributed by atoms with Gasteiger partial charge in [0.25, 0.3) is 17.3 Å². The summed E-state index contributed by atoms with van der Waals surface area (Å²) in [5.74, 6) is -0.0845. The average Bonchev–Trinajstić information content (AvgIpc) is 3.38. The number of benzene rings is 2. The van der Waals surface area contributed by atoms with Gasteiger partial charge in [-0.2, -0.15) is 5.10 Å². The van der Waals surface area contributed by atoms with Crippen molar-refractivity contribution in [2.24, 2.45) is 5.10 Å². The van der Waals surface area contributed by atoms with Gasteiger partial charge in [-0.25, -0.2) is 5.43 Å². The van der Waals surface area contributed by atoms with Gasteiger partial charge in [0.05, 0.1) is 39.8 Å². The summed E-state index contributed by atoms with van der Waals surface area (Å²) in [6.07, 6.45) is 1.51. The zero-order valence-electron chi connectivity index (χ0n) is 18.8. The number of ether oxygens (including phenoxy) is 1. The first-order valence-corrected chi connectivity index (χ1v) is 11.0. The molecule has 178 valence electrons. The van der Waals surface area contributed by atoms with E-state index < -0.39 is 15.8 Å². The maximum atomic E-state index is 12.5. The number of thiophene rings is 1. The molecule has 12 heteroatoms. The van der Waals surface area contributed by atoms with Crippen LogP contribution in [0.4, 0.5) is 11.4 Å². The molecule has 2 aromatic carbocycles. The van der Waals surface area contributed by atoms with E-state index in [1.54, 1.807) is 18.2 Å². The summed E-state index contributed by atoms with van der Waals surface area (Å²) in [7, 11) is 1.45. The molecule has 35 heavy (non-hydrogen) atoms. The Balaban J connectivity index is 1.55. The van der Waals surface area contributed by atoms with Crippen molar-refractivity contribution in [3.05, 3.63) is 90.6 Å². The van der Waals surface area contributed by atoms with Crippen molar-refractivity contribution in [2.75, 3.05) is 7.11 Å². The Kier molecular flexibility index (Phi) is 6.30. The van der Waals surface area contributed by atoms with Crippen molar-refractivity contribution in [2.45, 2.75) is 13.8 Å². The topological polar surface area (TPSA) is 142 Å². The quantitative estimate of drug-likeness (QED) is 0.220. The first kappa shape index (κ1) is 23.6. The lowest BCUT2D eigenvalue weighted by atomic mass is 10.2. The van der Waals surface area contributed by atoms with E-state index in [2.05, 4.69) is 10.5 Å². The zero-order chi connectivity index (χ0) is 25.3. The van der Waals surface area contributed by atoms with Crippen molar-refractivity contribution in [3.63, 3.8) is 0 Å². The molecule has 0 saturated heterocycles. The van der Waals surface area contributed by atoms with Crippen molar-refractivity contribution in [3.8, 4) is 11.4 Å². The third kappa shape index (κ3) is 4.59. The molecule has 0 saturated carbocycles. The second-order valence-electron chi connectivity index (χ2n) is 7.56. The van der Waals surface area contributed by atoms with Crippen LogP contribution in [-0.2, 0) is 0 Å². The Morgan fingerprint density at radius 2 is 1.74 bits per heavy atom. The van der Waals surface area contributed by atoms with E-state index in [0.717, 1.165) is 21.7 Å². The number of aromatic nitrogens is 1. The van der Waals surface area contributed by atoms with Crippen molar-refractivity contribution < 1.29 is 19.4 Å². The van der Waals surface area contributed by atoms with Gasteiger partial charge in [0.2, 0.25) is 0 Å². The van der Waals surface area contributed by atoms with Gasteiger partial charge >= 0.3 is 0 Å². The number of carbonyl (C=O) groups excluding carboxylic acids is 1. The summed E-state index contributed by atoms with van der Waals surface area (Å²) in [5, 5.41) is 26.7. The van der Waals surface area contributed by atoms with E-state index in [9.17, 15) is 25.0 Å². The Labute approximate surface area is 202 Å². The number of hydrogen-bond donors (Lipinski definition) is 1. The minimum Gasteiger partial charge on any atom is -0.494 e. The van der Waals surface area contributed by atoms with Crippen LogP contribution in [-0.4, -0.2) is 33.6 Å². The summed E-state index contributed by atoms with van der Waals surface area (Å²) in [5.41, 5.74) is 5.37. The normalized spacial score (nSPS) is 11.2. The van der Waals surface area contributed by atoms with E-state index in [4.69, 9.17) is 4.74 Å². The number of hydrogen-bond acceptors (Lipinski definition) is 8. The van der Waals surface area contributed by atoms with Crippen molar-refractivity contribution >= 4 is 44.9 Å². The summed E-state index contributed by atoms with van der Waals surface area (Å²) in [6.45, 7) is 3.73. The number of aryl methyl sites for hydroxylation is 1. The smallest absolute Gasteiger partial charge is 0.281 e.